The van der Waals surface area contributed by atoms with Crippen molar-refractivity contribution >= 4 is 11.5 Å². The summed E-state index contributed by atoms with van der Waals surface area (Å²) in [5.74, 6) is 1.13. The molecule has 0 aromatic carbocycles. The van der Waals surface area contributed by atoms with E-state index in [0.717, 1.165) is 5.69 Å². The van der Waals surface area contributed by atoms with Crippen LogP contribution < -0.4 is 11.1 Å². The van der Waals surface area contributed by atoms with Crippen molar-refractivity contribution in [2.24, 2.45) is 0 Å². The molecule has 0 aliphatic heterocycles. The van der Waals surface area contributed by atoms with Gasteiger partial charge < -0.3 is 15.6 Å². The van der Waals surface area contributed by atoms with E-state index in [2.05, 4.69) is 20.4 Å². The van der Waals surface area contributed by atoms with Gasteiger partial charge in [-0.1, -0.05) is 5.16 Å². The molecule has 0 amide bonds. The van der Waals surface area contributed by atoms with Gasteiger partial charge in [0.2, 0.25) is 5.89 Å². The fraction of sp³-hybridized carbons (Fsp3) is 0.222. The fourth-order valence-corrected chi connectivity index (χ4v) is 1.13. The van der Waals surface area contributed by atoms with E-state index in [1.165, 1.54) is 6.33 Å². The van der Waals surface area contributed by atoms with E-state index in [1.807, 2.05) is 6.07 Å². The predicted octanol–water partition coefficient (Wildman–Crippen LogP) is 0.701. The first-order valence-electron chi connectivity index (χ1n) is 4.55. The van der Waals surface area contributed by atoms with E-state index < -0.39 is 0 Å². The van der Waals surface area contributed by atoms with Crippen molar-refractivity contribution in [2.75, 3.05) is 17.6 Å². The summed E-state index contributed by atoms with van der Waals surface area (Å²) < 4.78 is 4.85. The van der Waals surface area contributed by atoms with E-state index in [0.29, 0.717) is 24.7 Å². The third-order valence-corrected chi connectivity index (χ3v) is 1.86. The summed E-state index contributed by atoms with van der Waals surface area (Å²) in [7, 11) is 0. The summed E-state index contributed by atoms with van der Waals surface area (Å²) in [5.41, 5.74) is 6.38. The Balaban J connectivity index is 1.81. The molecule has 15 heavy (non-hydrogen) atoms. The molecule has 0 aliphatic carbocycles. The van der Waals surface area contributed by atoms with Gasteiger partial charge in [-0.3, -0.25) is 0 Å². The lowest BCUT2D eigenvalue weighted by Crippen LogP contribution is -2.05. The van der Waals surface area contributed by atoms with Gasteiger partial charge in [0, 0.05) is 13.0 Å². The Kier molecular flexibility index (Phi) is 2.77. The Labute approximate surface area is 86.5 Å². The van der Waals surface area contributed by atoms with Crippen molar-refractivity contribution in [1.82, 2.24) is 15.1 Å². The van der Waals surface area contributed by atoms with E-state index in [1.54, 1.807) is 12.3 Å². The molecular formula is C9H11N5O. The second kappa shape index (κ2) is 4.41. The smallest absolute Gasteiger partial charge is 0.228 e. The predicted molar refractivity (Wildman–Crippen MR) is 55.1 cm³/mol. The third kappa shape index (κ3) is 2.67. The lowest BCUT2D eigenvalue weighted by atomic mass is 10.3. The minimum absolute atomic E-state index is 0.512. The minimum Gasteiger partial charge on any atom is -0.384 e. The van der Waals surface area contributed by atoms with Crippen molar-refractivity contribution < 1.29 is 4.52 Å². The zero-order chi connectivity index (χ0) is 10.5. The van der Waals surface area contributed by atoms with Crippen LogP contribution in [-0.4, -0.2) is 21.7 Å². The van der Waals surface area contributed by atoms with Gasteiger partial charge >= 0.3 is 0 Å². The molecule has 0 unspecified atom stereocenters. The van der Waals surface area contributed by atoms with Crippen LogP contribution in [-0.2, 0) is 6.42 Å². The van der Waals surface area contributed by atoms with Crippen LogP contribution in [0.5, 0.6) is 0 Å². The molecule has 0 aliphatic rings. The zero-order valence-corrected chi connectivity index (χ0v) is 8.05. The quantitative estimate of drug-likeness (QED) is 0.763. The molecule has 0 saturated carbocycles. The fourth-order valence-electron chi connectivity index (χ4n) is 1.13. The maximum atomic E-state index is 5.46. The molecule has 0 fully saturated rings. The van der Waals surface area contributed by atoms with Crippen LogP contribution in [0.2, 0.25) is 0 Å². The number of aromatic nitrogens is 3. The summed E-state index contributed by atoms with van der Waals surface area (Å²) in [6, 6.07) is 3.62. The van der Waals surface area contributed by atoms with Crippen LogP contribution in [0.25, 0.3) is 0 Å². The first kappa shape index (κ1) is 9.45. The number of hydrogen-bond donors (Lipinski definition) is 2. The van der Waals surface area contributed by atoms with Gasteiger partial charge in [0.05, 0.1) is 11.9 Å². The molecule has 0 bridgehead atoms. The Morgan fingerprint density at radius 3 is 2.93 bits per heavy atom. The molecule has 2 aromatic heterocycles. The number of pyridine rings is 1. The molecule has 3 N–H and O–H groups in total. The highest BCUT2D eigenvalue weighted by molar-refractivity contribution is 5.45. The van der Waals surface area contributed by atoms with E-state index >= 15 is 0 Å². The Bertz CT molecular complexity index is 397. The summed E-state index contributed by atoms with van der Waals surface area (Å²) in [6.07, 6.45) is 3.76. The first-order valence-corrected chi connectivity index (χ1v) is 4.55. The van der Waals surface area contributed by atoms with Crippen molar-refractivity contribution in [3.8, 4) is 0 Å². The molecular weight excluding hydrogens is 194 g/mol. The molecule has 78 valence electrons. The first-order chi connectivity index (χ1) is 7.34. The average Bonchev–Trinajstić information content (AvgIpc) is 2.74. The van der Waals surface area contributed by atoms with Gasteiger partial charge in [0.15, 0.2) is 6.33 Å². The van der Waals surface area contributed by atoms with E-state index in [4.69, 9.17) is 10.3 Å². The summed E-state index contributed by atoms with van der Waals surface area (Å²) >= 11 is 0. The van der Waals surface area contributed by atoms with Crippen molar-refractivity contribution in [3.63, 3.8) is 0 Å². The molecule has 6 heteroatoms. The lowest BCUT2D eigenvalue weighted by Gasteiger charge is -2.03. The molecule has 6 nitrogen and oxygen atoms in total. The number of rotatable bonds is 4. The Hall–Kier alpha value is -2.11. The molecule has 0 spiro atoms. The van der Waals surface area contributed by atoms with Crippen LogP contribution >= 0.6 is 0 Å². The van der Waals surface area contributed by atoms with Gasteiger partial charge in [0.1, 0.15) is 5.82 Å². The number of nitrogens with zero attached hydrogens (tertiary/aromatic N) is 3. The summed E-state index contributed by atoms with van der Waals surface area (Å²) in [6.45, 7) is 0.716. The monoisotopic (exact) mass is 205 g/mol. The van der Waals surface area contributed by atoms with Gasteiger partial charge in [-0.15, -0.1) is 0 Å². The van der Waals surface area contributed by atoms with Crippen molar-refractivity contribution in [2.45, 2.75) is 6.42 Å². The highest BCUT2D eigenvalue weighted by atomic mass is 16.5. The molecule has 2 heterocycles. The molecule has 0 radical (unpaired) electrons. The number of anilines is 2. The number of nitrogens with two attached hydrogens (primary N) is 1. The largest absolute Gasteiger partial charge is 0.384 e. The second-order valence-corrected chi connectivity index (χ2v) is 2.98. The SMILES string of the molecule is Nc1ccc(NCCc2ncno2)cn1. The maximum Gasteiger partial charge on any atom is 0.228 e. The average molecular weight is 205 g/mol. The number of nitrogen functional groups attached to an aromatic ring is 1. The Morgan fingerprint density at radius 2 is 2.27 bits per heavy atom. The number of nitrogens with one attached hydrogen (secondary N) is 1. The van der Waals surface area contributed by atoms with Gasteiger partial charge in [-0.2, -0.15) is 4.98 Å². The van der Waals surface area contributed by atoms with Crippen LogP contribution in [0.4, 0.5) is 11.5 Å². The van der Waals surface area contributed by atoms with Crippen LogP contribution in [0.1, 0.15) is 5.89 Å². The van der Waals surface area contributed by atoms with Crippen LogP contribution in [0.15, 0.2) is 29.2 Å². The summed E-state index contributed by atoms with van der Waals surface area (Å²) in [5, 5.41) is 6.68. The van der Waals surface area contributed by atoms with Gasteiger partial charge in [-0.25, -0.2) is 4.98 Å². The molecule has 2 aromatic rings. The third-order valence-electron chi connectivity index (χ3n) is 1.86. The highest BCUT2D eigenvalue weighted by Gasteiger charge is 1.98. The molecule has 0 saturated heterocycles. The van der Waals surface area contributed by atoms with Crippen molar-refractivity contribution in [3.05, 3.63) is 30.5 Å². The van der Waals surface area contributed by atoms with Gasteiger partial charge in [-0.05, 0) is 12.1 Å². The molecule has 2 rings (SSSR count). The molecule has 0 atom stereocenters. The summed E-state index contributed by atoms with van der Waals surface area (Å²) in [4.78, 5) is 7.87. The highest BCUT2D eigenvalue weighted by Crippen LogP contribution is 2.06. The van der Waals surface area contributed by atoms with Crippen molar-refractivity contribution in [1.29, 1.82) is 0 Å². The zero-order valence-electron chi connectivity index (χ0n) is 8.05. The van der Waals surface area contributed by atoms with Crippen LogP contribution in [0.3, 0.4) is 0 Å². The minimum atomic E-state index is 0.512. The van der Waals surface area contributed by atoms with E-state index in [9.17, 15) is 0 Å². The normalized spacial score (nSPS) is 10.1. The maximum absolute atomic E-state index is 5.46. The Morgan fingerprint density at radius 1 is 1.33 bits per heavy atom. The van der Waals surface area contributed by atoms with Crippen LogP contribution in [0, 0.1) is 0 Å². The second-order valence-electron chi connectivity index (χ2n) is 2.98. The standard InChI is InChI=1S/C9H11N5O/c10-8-2-1-7(5-12-8)11-4-3-9-13-6-14-15-9/h1-2,5-6,11H,3-4H2,(H2,10,12). The topological polar surface area (TPSA) is 89.9 Å². The van der Waals surface area contributed by atoms with Gasteiger partial charge in [0.25, 0.3) is 0 Å². The number of hydrogen-bond acceptors (Lipinski definition) is 6. The van der Waals surface area contributed by atoms with E-state index in [-0.39, 0.29) is 0 Å². The lowest BCUT2D eigenvalue weighted by molar-refractivity contribution is 0.380.